The molecule has 0 bridgehead atoms. The minimum atomic E-state index is -1.19. The van der Waals surface area contributed by atoms with Gasteiger partial charge in [0.05, 0.1) is 0 Å². The zero-order valence-electron chi connectivity index (χ0n) is 15.1. The number of amides is 3. The molecule has 1 aliphatic rings. The summed E-state index contributed by atoms with van der Waals surface area (Å²) in [5.74, 6) is -3.29. The lowest BCUT2D eigenvalue weighted by molar-refractivity contribution is -0.122. The standard InChI is InChI=1S/C20H19F2N3O3/c1-23-20(28)17(13-6-9-15(21)16(22)10-13)25-19(27)12-4-7-14(8-5-12)24-18(26)11-2-3-11/h4-11,17H,2-3H2,1H3,(H,23,28)(H,24,26)(H,25,27). The predicted molar refractivity (Wildman–Crippen MR) is 98.4 cm³/mol. The average molecular weight is 387 g/mol. The maximum absolute atomic E-state index is 13.5. The van der Waals surface area contributed by atoms with Crippen LogP contribution in [0.25, 0.3) is 0 Å². The van der Waals surface area contributed by atoms with Crippen molar-refractivity contribution in [2.45, 2.75) is 18.9 Å². The lowest BCUT2D eigenvalue weighted by Gasteiger charge is -2.18. The van der Waals surface area contributed by atoms with Gasteiger partial charge in [-0.1, -0.05) is 6.07 Å². The molecule has 0 heterocycles. The van der Waals surface area contributed by atoms with Crippen molar-refractivity contribution in [3.8, 4) is 0 Å². The third-order valence-corrected chi connectivity index (χ3v) is 4.42. The first-order chi connectivity index (χ1) is 13.4. The van der Waals surface area contributed by atoms with Crippen LogP contribution in [0.3, 0.4) is 0 Å². The minimum Gasteiger partial charge on any atom is -0.357 e. The molecule has 0 radical (unpaired) electrons. The van der Waals surface area contributed by atoms with Gasteiger partial charge in [0.2, 0.25) is 11.8 Å². The van der Waals surface area contributed by atoms with Crippen molar-refractivity contribution in [1.82, 2.24) is 10.6 Å². The lowest BCUT2D eigenvalue weighted by atomic mass is 10.0. The molecule has 3 rings (SSSR count). The van der Waals surface area contributed by atoms with Crippen LogP contribution in [-0.2, 0) is 9.59 Å². The molecule has 1 unspecified atom stereocenters. The third kappa shape index (κ3) is 4.51. The molecule has 0 saturated heterocycles. The summed E-state index contributed by atoms with van der Waals surface area (Å²) in [6.07, 6.45) is 1.77. The Kier molecular flexibility index (Phi) is 5.67. The van der Waals surface area contributed by atoms with Crippen molar-refractivity contribution < 1.29 is 23.2 Å². The van der Waals surface area contributed by atoms with E-state index in [1.807, 2.05) is 0 Å². The monoisotopic (exact) mass is 387 g/mol. The van der Waals surface area contributed by atoms with Gasteiger partial charge in [0.15, 0.2) is 11.6 Å². The van der Waals surface area contributed by atoms with E-state index in [1.165, 1.54) is 25.2 Å². The molecular formula is C20H19F2N3O3. The average Bonchev–Trinajstić information content (AvgIpc) is 3.53. The second kappa shape index (κ2) is 8.16. The van der Waals surface area contributed by atoms with Crippen molar-refractivity contribution in [1.29, 1.82) is 0 Å². The molecule has 3 amide bonds. The van der Waals surface area contributed by atoms with Gasteiger partial charge in [0.25, 0.3) is 5.91 Å². The van der Waals surface area contributed by atoms with E-state index in [2.05, 4.69) is 16.0 Å². The Bertz CT molecular complexity index is 911. The van der Waals surface area contributed by atoms with Crippen molar-refractivity contribution in [3.63, 3.8) is 0 Å². The highest BCUT2D eigenvalue weighted by Crippen LogP contribution is 2.30. The van der Waals surface area contributed by atoms with E-state index in [-0.39, 0.29) is 23.0 Å². The van der Waals surface area contributed by atoms with Gasteiger partial charge >= 0.3 is 0 Å². The van der Waals surface area contributed by atoms with Gasteiger partial charge in [-0.15, -0.1) is 0 Å². The van der Waals surface area contributed by atoms with E-state index in [9.17, 15) is 23.2 Å². The number of halogens is 2. The molecule has 1 atom stereocenters. The summed E-state index contributed by atoms with van der Waals surface area (Å²) in [6.45, 7) is 0. The Morgan fingerprint density at radius 1 is 1.00 bits per heavy atom. The summed E-state index contributed by atoms with van der Waals surface area (Å²) in [5, 5.41) is 7.66. The maximum atomic E-state index is 13.5. The Morgan fingerprint density at radius 2 is 1.68 bits per heavy atom. The first-order valence-corrected chi connectivity index (χ1v) is 8.77. The second-order valence-corrected chi connectivity index (χ2v) is 6.54. The van der Waals surface area contributed by atoms with Crippen molar-refractivity contribution in [3.05, 3.63) is 65.2 Å². The molecule has 0 aliphatic heterocycles. The molecular weight excluding hydrogens is 368 g/mol. The number of benzene rings is 2. The molecule has 0 aromatic heterocycles. The normalized spacial score (nSPS) is 14.1. The number of nitrogens with one attached hydrogen (secondary N) is 3. The molecule has 1 saturated carbocycles. The molecule has 3 N–H and O–H groups in total. The Labute approximate surface area is 160 Å². The first kappa shape index (κ1) is 19.5. The topological polar surface area (TPSA) is 87.3 Å². The minimum absolute atomic E-state index is 0.0461. The van der Waals surface area contributed by atoms with Gasteiger partial charge in [-0.25, -0.2) is 8.78 Å². The summed E-state index contributed by atoms with van der Waals surface area (Å²) in [6, 6.07) is 7.98. The van der Waals surface area contributed by atoms with Gasteiger partial charge in [0.1, 0.15) is 6.04 Å². The van der Waals surface area contributed by atoms with Crippen LogP contribution in [0.1, 0.15) is 34.8 Å². The van der Waals surface area contributed by atoms with Crippen molar-refractivity contribution in [2.24, 2.45) is 5.92 Å². The summed E-state index contributed by atoms with van der Waals surface area (Å²) in [7, 11) is 1.37. The molecule has 2 aromatic carbocycles. The van der Waals surface area contributed by atoms with Crippen LogP contribution < -0.4 is 16.0 Å². The largest absolute Gasteiger partial charge is 0.357 e. The summed E-state index contributed by atoms with van der Waals surface area (Å²) in [4.78, 5) is 36.4. The lowest BCUT2D eigenvalue weighted by Crippen LogP contribution is -2.39. The van der Waals surface area contributed by atoms with Crippen LogP contribution in [0.5, 0.6) is 0 Å². The van der Waals surface area contributed by atoms with E-state index in [0.717, 1.165) is 25.0 Å². The van der Waals surface area contributed by atoms with Crippen LogP contribution in [-0.4, -0.2) is 24.8 Å². The zero-order chi connectivity index (χ0) is 20.3. The van der Waals surface area contributed by atoms with Gasteiger partial charge in [-0.05, 0) is 54.8 Å². The van der Waals surface area contributed by atoms with Crippen LogP contribution in [0.4, 0.5) is 14.5 Å². The fourth-order valence-electron chi connectivity index (χ4n) is 2.65. The van der Waals surface area contributed by atoms with E-state index in [1.54, 1.807) is 12.1 Å². The predicted octanol–water partition coefficient (Wildman–Crippen LogP) is 2.53. The quantitative estimate of drug-likeness (QED) is 0.712. The molecule has 28 heavy (non-hydrogen) atoms. The molecule has 1 aliphatic carbocycles. The number of carbonyl (C=O) groups excluding carboxylic acids is 3. The molecule has 6 nitrogen and oxygen atoms in total. The van der Waals surface area contributed by atoms with E-state index in [4.69, 9.17) is 0 Å². The Morgan fingerprint density at radius 3 is 2.25 bits per heavy atom. The third-order valence-electron chi connectivity index (χ3n) is 4.42. The fourth-order valence-corrected chi connectivity index (χ4v) is 2.65. The van der Waals surface area contributed by atoms with Crippen molar-refractivity contribution >= 4 is 23.4 Å². The number of carbonyl (C=O) groups is 3. The molecule has 146 valence electrons. The smallest absolute Gasteiger partial charge is 0.252 e. The van der Waals surface area contributed by atoms with Crippen LogP contribution in [0, 0.1) is 17.6 Å². The number of rotatable bonds is 6. The number of hydrogen-bond acceptors (Lipinski definition) is 3. The van der Waals surface area contributed by atoms with Crippen LogP contribution in [0.2, 0.25) is 0 Å². The van der Waals surface area contributed by atoms with Gasteiger partial charge in [0, 0.05) is 24.2 Å². The van der Waals surface area contributed by atoms with Crippen LogP contribution in [0.15, 0.2) is 42.5 Å². The molecule has 8 heteroatoms. The summed E-state index contributed by atoms with van der Waals surface area (Å²) < 4.78 is 26.7. The SMILES string of the molecule is CNC(=O)C(NC(=O)c1ccc(NC(=O)C2CC2)cc1)c1ccc(F)c(F)c1. The first-order valence-electron chi connectivity index (χ1n) is 8.77. The maximum Gasteiger partial charge on any atom is 0.252 e. The summed E-state index contributed by atoms with van der Waals surface area (Å²) >= 11 is 0. The highest BCUT2D eigenvalue weighted by molar-refractivity contribution is 5.99. The number of anilines is 1. The Hall–Kier alpha value is -3.29. The second-order valence-electron chi connectivity index (χ2n) is 6.54. The van der Waals surface area contributed by atoms with Gasteiger partial charge in [-0.2, -0.15) is 0 Å². The highest BCUT2D eigenvalue weighted by atomic mass is 19.2. The molecule has 1 fully saturated rings. The number of likely N-dealkylation sites (N-methyl/N-ethyl adjacent to an activating group) is 1. The zero-order valence-corrected chi connectivity index (χ0v) is 15.1. The van der Waals surface area contributed by atoms with Gasteiger partial charge in [-0.3, -0.25) is 14.4 Å². The van der Waals surface area contributed by atoms with Crippen LogP contribution >= 0.6 is 0 Å². The van der Waals surface area contributed by atoms with E-state index in [0.29, 0.717) is 5.69 Å². The summed E-state index contributed by atoms with van der Waals surface area (Å²) in [5.41, 5.74) is 0.928. The van der Waals surface area contributed by atoms with Gasteiger partial charge < -0.3 is 16.0 Å². The fraction of sp³-hybridized carbons (Fsp3) is 0.250. The molecule has 2 aromatic rings. The number of hydrogen-bond donors (Lipinski definition) is 3. The Balaban J connectivity index is 1.73. The molecule has 0 spiro atoms. The van der Waals surface area contributed by atoms with E-state index >= 15 is 0 Å². The van der Waals surface area contributed by atoms with Crippen molar-refractivity contribution in [2.75, 3.05) is 12.4 Å². The highest BCUT2D eigenvalue weighted by Gasteiger charge is 2.29. The van der Waals surface area contributed by atoms with E-state index < -0.39 is 29.5 Å².